The third-order valence-corrected chi connectivity index (χ3v) is 4.70. The number of allylic oxidation sites excluding steroid dienone is 1. The van der Waals surface area contributed by atoms with Crippen LogP contribution in [0.5, 0.6) is 0 Å². The molecule has 0 unspecified atom stereocenters. The van der Waals surface area contributed by atoms with Gasteiger partial charge in [-0.2, -0.15) is 5.26 Å². The molecule has 4 rings (SSSR count). The number of rotatable bonds is 3. The molecule has 0 bridgehead atoms. The first-order chi connectivity index (χ1) is 12.8. The number of hydrogen-bond donors (Lipinski definition) is 0. The lowest BCUT2D eigenvalue weighted by atomic mass is 9.99. The van der Waals surface area contributed by atoms with E-state index in [1.807, 2.05) is 60.7 Å². The molecular weight excluding hydrogens is 316 g/mol. The molecule has 0 saturated heterocycles. The highest BCUT2D eigenvalue weighted by Crippen LogP contribution is 2.36. The van der Waals surface area contributed by atoms with Crippen LogP contribution in [0.15, 0.2) is 84.9 Å². The summed E-state index contributed by atoms with van der Waals surface area (Å²) in [6, 6.07) is 30.9. The Balaban J connectivity index is 2.03. The SMILES string of the molecule is Cn1c(/C=C(\C#N)c2ccccc2)c(-c2ccccc2)c2ccccc21. The van der Waals surface area contributed by atoms with Gasteiger partial charge in [0.1, 0.15) is 0 Å². The molecule has 3 aromatic carbocycles. The van der Waals surface area contributed by atoms with E-state index in [1.165, 1.54) is 5.39 Å². The van der Waals surface area contributed by atoms with Crippen LogP contribution in [0.2, 0.25) is 0 Å². The Bertz CT molecular complexity index is 1130. The number of fused-ring (bicyclic) bond motifs is 1. The third kappa shape index (κ3) is 2.70. The summed E-state index contributed by atoms with van der Waals surface area (Å²) in [6.45, 7) is 0. The number of nitrogens with zero attached hydrogens (tertiary/aromatic N) is 2. The Morgan fingerprint density at radius 3 is 2.15 bits per heavy atom. The second-order valence-corrected chi connectivity index (χ2v) is 6.24. The van der Waals surface area contributed by atoms with E-state index in [0.717, 1.165) is 27.9 Å². The highest BCUT2D eigenvalue weighted by Gasteiger charge is 2.15. The maximum Gasteiger partial charge on any atom is 0.0998 e. The van der Waals surface area contributed by atoms with Gasteiger partial charge in [-0.1, -0.05) is 78.9 Å². The van der Waals surface area contributed by atoms with Gasteiger partial charge in [0.25, 0.3) is 0 Å². The molecular formula is C24H18N2. The summed E-state index contributed by atoms with van der Waals surface area (Å²) in [5.74, 6) is 0. The lowest BCUT2D eigenvalue weighted by molar-refractivity contribution is 0.956. The number of hydrogen-bond acceptors (Lipinski definition) is 1. The maximum absolute atomic E-state index is 9.74. The Hall–Kier alpha value is -3.57. The molecule has 2 nitrogen and oxygen atoms in total. The lowest BCUT2D eigenvalue weighted by Crippen LogP contribution is -1.93. The molecule has 0 aliphatic heterocycles. The minimum Gasteiger partial charge on any atom is -0.344 e. The molecule has 2 heteroatoms. The number of aromatic nitrogens is 1. The van der Waals surface area contributed by atoms with Crippen molar-refractivity contribution < 1.29 is 0 Å². The van der Waals surface area contributed by atoms with Crippen LogP contribution in [-0.2, 0) is 7.05 Å². The summed E-state index contributed by atoms with van der Waals surface area (Å²) in [5.41, 5.74) is 6.10. The van der Waals surface area contributed by atoms with Crippen molar-refractivity contribution >= 4 is 22.6 Å². The molecule has 0 amide bonds. The van der Waals surface area contributed by atoms with Gasteiger partial charge in [-0.3, -0.25) is 0 Å². The summed E-state index contributed by atoms with van der Waals surface area (Å²) in [4.78, 5) is 0. The Morgan fingerprint density at radius 1 is 0.846 bits per heavy atom. The zero-order valence-corrected chi connectivity index (χ0v) is 14.6. The predicted molar refractivity (Wildman–Crippen MR) is 108 cm³/mol. The fraction of sp³-hybridized carbons (Fsp3) is 0.0417. The van der Waals surface area contributed by atoms with Gasteiger partial charge in [0, 0.05) is 23.5 Å². The Kier molecular flexibility index (Phi) is 4.13. The molecule has 0 aliphatic carbocycles. The Morgan fingerprint density at radius 2 is 1.46 bits per heavy atom. The van der Waals surface area contributed by atoms with Crippen LogP contribution in [0.3, 0.4) is 0 Å². The van der Waals surface area contributed by atoms with Crippen LogP contribution in [0.1, 0.15) is 11.3 Å². The molecule has 1 heterocycles. The lowest BCUT2D eigenvalue weighted by Gasteiger charge is -2.06. The van der Waals surface area contributed by atoms with E-state index in [1.54, 1.807) is 0 Å². The number of para-hydroxylation sites is 1. The van der Waals surface area contributed by atoms with E-state index >= 15 is 0 Å². The van der Waals surface area contributed by atoms with Gasteiger partial charge in [0.15, 0.2) is 0 Å². The largest absolute Gasteiger partial charge is 0.344 e. The summed E-state index contributed by atoms with van der Waals surface area (Å²) >= 11 is 0. The molecule has 0 N–H and O–H groups in total. The topological polar surface area (TPSA) is 28.7 Å². The van der Waals surface area contributed by atoms with Gasteiger partial charge in [0.2, 0.25) is 0 Å². The molecule has 0 spiro atoms. The van der Waals surface area contributed by atoms with E-state index in [4.69, 9.17) is 0 Å². The van der Waals surface area contributed by atoms with Crippen molar-refractivity contribution in [3.8, 4) is 17.2 Å². The van der Waals surface area contributed by atoms with Gasteiger partial charge in [-0.15, -0.1) is 0 Å². The normalized spacial score (nSPS) is 11.5. The molecule has 4 aromatic rings. The molecule has 0 fully saturated rings. The van der Waals surface area contributed by atoms with Crippen LogP contribution in [-0.4, -0.2) is 4.57 Å². The fourth-order valence-corrected chi connectivity index (χ4v) is 3.42. The van der Waals surface area contributed by atoms with E-state index in [2.05, 4.69) is 48.0 Å². The van der Waals surface area contributed by atoms with E-state index < -0.39 is 0 Å². The first-order valence-corrected chi connectivity index (χ1v) is 8.59. The van der Waals surface area contributed by atoms with Gasteiger partial charge in [0.05, 0.1) is 17.3 Å². The second-order valence-electron chi connectivity index (χ2n) is 6.24. The molecule has 0 radical (unpaired) electrons. The van der Waals surface area contributed by atoms with Crippen molar-refractivity contribution in [2.24, 2.45) is 7.05 Å². The third-order valence-electron chi connectivity index (χ3n) is 4.70. The van der Waals surface area contributed by atoms with Crippen molar-refractivity contribution in [1.29, 1.82) is 5.26 Å². The van der Waals surface area contributed by atoms with Crippen LogP contribution in [0.4, 0.5) is 0 Å². The van der Waals surface area contributed by atoms with Crippen LogP contribution in [0, 0.1) is 11.3 Å². The zero-order valence-electron chi connectivity index (χ0n) is 14.6. The van der Waals surface area contributed by atoms with Crippen molar-refractivity contribution in [2.45, 2.75) is 0 Å². The van der Waals surface area contributed by atoms with Gasteiger partial charge in [-0.05, 0) is 23.3 Å². The summed E-state index contributed by atoms with van der Waals surface area (Å²) in [7, 11) is 2.06. The van der Waals surface area contributed by atoms with Crippen molar-refractivity contribution in [1.82, 2.24) is 4.57 Å². The number of aryl methyl sites for hydroxylation is 1. The second kappa shape index (κ2) is 6.74. The van der Waals surface area contributed by atoms with Gasteiger partial charge in [-0.25, -0.2) is 0 Å². The van der Waals surface area contributed by atoms with Crippen LogP contribution in [0.25, 0.3) is 33.7 Å². The highest BCUT2D eigenvalue weighted by molar-refractivity contribution is 6.03. The molecule has 1 aromatic heterocycles. The molecule has 124 valence electrons. The van der Waals surface area contributed by atoms with E-state index in [9.17, 15) is 5.26 Å². The molecule has 26 heavy (non-hydrogen) atoms. The van der Waals surface area contributed by atoms with Crippen molar-refractivity contribution in [2.75, 3.05) is 0 Å². The first kappa shape index (κ1) is 15.9. The zero-order chi connectivity index (χ0) is 17.9. The van der Waals surface area contributed by atoms with E-state index in [-0.39, 0.29) is 0 Å². The average Bonchev–Trinajstić information content (AvgIpc) is 2.99. The standard InChI is InChI=1S/C24H18N2/c1-26-22-15-9-8-14-21(22)24(19-12-6-3-7-13-19)23(26)16-20(17-25)18-10-4-2-5-11-18/h2-16H,1H3/b20-16+. The first-order valence-electron chi connectivity index (χ1n) is 8.59. The average molecular weight is 334 g/mol. The monoisotopic (exact) mass is 334 g/mol. The highest BCUT2D eigenvalue weighted by atomic mass is 14.9. The summed E-state index contributed by atoms with van der Waals surface area (Å²) in [5, 5.41) is 10.9. The van der Waals surface area contributed by atoms with Gasteiger partial charge < -0.3 is 4.57 Å². The van der Waals surface area contributed by atoms with Crippen LogP contribution < -0.4 is 0 Å². The van der Waals surface area contributed by atoms with Gasteiger partial charge >= 0.3 is 0 Å². The fourth-order valence-electron chi connectivity index (χ4n) is 3.42. The number of benzene rings is 3. The molecule has 0 aliphatic rings. The van der Waals surface area contributed by atoms with Crippen molar-refractivity contribution in [3.63, 3.8) is 0 Å². The Labute approximate surface area is 153 Å². The maximum atomic E-state index is 9.74. The number of nitriles is 1. The molecule has 0 atom stereocenters. The smallest absolute Gasteiger partial charge is 0.0998 e. The van der Waals surface area contributed by atoms with Crippen molar-refractivity contribution in [3.05, 3.63) is 96.2 Å². The molecule has 0 saturated carbocycles. The predicted octanol–water partition coefficient (Wildman–Crippen LogP) is 5.91. The summed E-state index contributed by atoms with van der Waals surface area (Å²) < 4.78 is 2.16. The van der Waals surface area contributed by atoms with E-state index in [0.29, 0.717) is 5.57 Å². The van der Waals surface area contributed by atoms with Crippen LogP contribution >= 0.6 is 0 Å². The minimum atomic E-state index is 0.661. The minimum absolute atomic E-state index is 0.661. The quantitative estimate of drug-likeness (QED) is 0.428. The summed E-state index contributed by atoms with van der Waals surface area (Å²) in [6.07, 6.45) is 2.00.